The summed E-state index contributed by atoms with van der Waals surface area (Å²) in [6.45, 7) is 0. The fourth-order valence-corrected chi connectivity index (χ4v) is 2.72. The maximum Gasteiger partial charge on any atom is 0.356 e. The number of aromatic nitrogens is 4. The molecule has 2 heterocycles. The van der Waals surface area contributed by atoms with Gasteiger partial charge in [0, 0.05) is 23.4 Å². The van der Waals surface area contributed by atoms with Crippen molar-refractivity contribution in [2.45, 2.75) is 38.0 Å². The predicted octanol–water partition coefficient (Wildman–Crippen LogP) is 1.73. The highest BCUT2D eigenvalue weighted by molar-refractivity contribution is 5.85. The highest BCUT2D eigenvalue weighted by Gasteiger charge is 2.30. The molecule has 0 aromatic carbocycles. The molecule has 4 rings (SSSR count). The second-order valence-corrected chi connectivity index (χ2v) is 5.43. The lowest BCUT2D eigenvalue weighted by Crippen LogP contribution is -2.07. The summed E-state index contributed by atoms with van der Waals surface area (Å²) < 4.78 is 1.72. The topological polar surface area (TPSA) is 80.9 Å². The molecule has 0 bridgehead atoms. The maximum absolute atomic E-state index is 11.0. The average Bonchev–Trinajstić information content (AvgIpc) is 2.99. The van der Waals surface area contributed by atoms with Crippen molar-refractivity contribution in [3.63, 3.8) is 0 Å². The Morgan fingerprint density at radius 1 is 1.30 bits per heavy atom. The van der Waals surface area contributed by atoms with Gasteiger partial charge in [-0.1, -0.05) is 0 Å². The van der Waals surface area contributed by atoms with E-state index in [-0.39, 0.29) is 5.69 Å². The fourth-order valence-electron chi connectivity index (χ4n) is 2.72. The smallest absolute Gasteiger partial charge is 0.356 e. The first-order chi connectivity index (χ1) is 9.72. The fraction of sp³-hybridized carbons (Fsp3) is 0.429. The van der Waals surface area contributed by atoms with Crippen LogP contribution >= 0.6 is 0 Å². The van der Waals surface area contributed by atoms with Crippen LogP contribution in [0.1, 0.15) is 52.8 Å². The Kier molecular flexibility index (Phi) is 2.39. The van der Waals surface area contributed by atoms with Crippen molar-refractivity contribution < 1.29 is 9.90 Å². The van der Waals surface area contributed by atoms with Gasteiger partial charge in [0.15, 0.2) is 5.69 Å². The number of carboxylic acid groups (broad SMARTS) is 1. The minimum atomic E-state index is -1.02. The molecule has 6 nitrogen and oxygen atoms in total. The van der Waals surface area contributed by atoms with Crippen molar-refractivity contribution in [1.82, 2.24) is 19.5 Å². The highest BCUT2D eigenvalue weighted by Crippen LogP contribution is 2.39. The third-order valence-electron chi connectivity index (χ3n) is 3.92. The van der Waals surface area contributed by atoms with Crippen LogP contribution in [-0.2, 0) is 12.8 Å². The van der Waals surface area contributed by atoms with Crippen molar-refractivity contribution in [2.75, 3.05) is 0 Å². The molecule has 0 unspecified atom stereocenters. The summed E-state index contributed by atoms with van der Waals surface area (Å²) in [6, 6.07) is 0. The molecule has 0 amide bonds. The van der Waals surface area contributed by atoms with Gasteiger partial charge in [-0.2, -0.15) is 0 Å². The van der Waals surface area contributed by atoms with E-state index in [9.17, 15) is 4.79 Å². The van der Waals surface area contributed by atoms with Gasteiger partial charge >= 0.3 is 5.97 Å². The number of hydrogen-bond donors (Lipinski definition) is 1. The van der Waals surface area contributed by atoms with E-state index in [4.69, 9.17) is 5.11 Å². The van der Waals surface area contributed by atoms with Crippen LogP contribution in [0.25, 0.3) is 5.82 Å². The Morgan fingerprint density at radius 2 is 2.15 bits per heavy atom. The number of nitrogens with zero attached hydrogens (tertiary/aromatic N) is 4. The first-order valence-corrected chi connectivity index (χ1v) is 6.89. The normalized spacial score (nSPS) is 17.2. The molecule has 0 spiro atoms. The van der Waals surface area contributed by atoms with Crippen LogP contribution in [0, 0.1) is 0 Å². The van der Waals surface area contributed by atoms with Gasteiger partial charge in [-0.25, -0.2) is 19.7 Å². The first kappa shape index (κ1) is 11.6. The van der Waals surface area contributed by atoms with Crippen LogP contribution in [0.15, 0.2) is 12.5 Å². The van der Waals surface area contributed by atoms with E-state index in [0.29, 0.717) is 5.92 Å². The number of fused-ring (bicyclic) bond motifs is 1. The Hall–Kier alpha value is -2.24. The van der Waals surface area contributed by atoms with Gasteiger partial charge < -0.3 is 5.11 Å². The van der Waals surface area contributed by atoms with E-state index in [0.717, 1.165) is 55.0 Å². The van der Waals surface area contributed by atoms with Crippen molar-refractivity contribution >= 4 is 5.97 Å². The number of rotatable bonds is 3. The zero-order valence-corrected chi connectivity index (χ0v) is 10.9. The summed E-state index contributed by atoms with van der Waals surface area (Å²) in [4.78, 5) is 24.2. The Labute approximate surface area is 115 Å². The third kappa shape index (κ3) is 1.79. The van der Waals surface area contributed by atoms with E-state index in [1.807, 2.05) is 0 Å². The summed E-state index contributed by atoms with van der Waals surface area (Å²) >= 11 is 0. The molecule has 2 aromatic heterocycles. The van der Waals surface area contributed by atoms with Gasteiger partial charge in [0.05, 0.1) is 0 Å². The van der Waals surface area contributed by atoms with E-state index >= 15 is 0 Å². The maximum atomic E-state index is 11.0. The summed E-state index contributed by atoms with van der Waals surface area (Å²) in [5.41, 5.74) is 2.31. The molecule has 0 saturated heterocycles. The van der Waals surface area contributed by atoms with Gasteiger partial charge in [0.1, 0.15) is 18.0 Å². The molecule has 1 fully saturated rings. The lowest BCUT2D eigenvalue weighted by Gasteiger charge is -2.10. The molecular formula is C14H14N4O2. The van der Waals surface area contributed by atoms with Gasteiger partial charge in [0.25, 0.3) is 0 Å². The Bertz CT molecular complexity index is 703. The zero-order valence-electron chi connectivity index (χ0n) is 10.9. The number of aromatic carboxylic acids is 1. The van der Waals surface area contributed by atoms with E-state index in [1.165, 1.54) is 12.5 Å². The highest BCUT2D eigenvalue weighted by atomic mass is 16.4. The van der Waals surface area contributed by atoms with Crippen molar-refractivity contribution in [3.8, 4) is 5.82 Å². The second-order valence-electron chi connectivity index (χ2n) is 5.43. The van der Waals surface area contributed by atoms with Crippen LogP contribution in [0.3, 0.4) is 0 Å². The standard InChI is InChI=1S/C14H14N4O2/c19-14(20)11-6-18(7-15-11)13-9-2-1-3-10(9)16-12(17-13)8-4-5-8/h6-8H,1-5H2,(H,19,20). The molecule has 0 atom stereocenters. The van der Waals surface area contributed by atoms with E-state index in [1.54, 1.807) is 4.57 Å². The van der Waals surface area contributed by atoms with E-state index in [2.05, 4.69) is 15.0 Å². The zero-order chi connectivity index (χ0) is 13.7. The Balaban J connectivity index is 1.84. The number of hydrogen-bond acceptors (Lipinski definition) is 4. The minimum Gasteiger partial charge on any atom is -0.476 e. The SMILES string of the molecule is O=C(O)c1cn(-c2nc(C3CC3)nc3c2CCC3)cn1. The summed E-state index contributed by atoms with van der Waals surface area (Å²) in [5.74, 6) is 1.19. The van der Waals surface area contributed by atoms with Gasteiger partial charge in [0.2, 0.25) is 0 Å². The predicted molar refractivity (Wildman–Crippen MR) is 70.1 cm³/mol. The van der Waals surface area contributed by atoms with Crippen LogP contribution in [0.4, 0.5) is 0 Å². The van der Waals surface area contributed by atoms with Crippen molar-refractivity contribution in [3.05, 3.63) is 35.3 Å². The van der Waals surface area contributed by atoms with Crippen molar-refractivity contribution in [2.24, 2.45) is 0 Å². The minimum absolute atomic E-state index is 0.0448. The van der Waals surface area contributed by atoms with Gasteiger partial charge in [-0.3, -0.25) is 4.57 Å². The summed E-state index contributed by atoms with van der Waals surface area (Å²) in [7, 11) is 0. The quantitative estimate of drug-likeness (QED) is 0.918. The first-order valence-electron chi connectivity index (χ1n) is 6.89. The molecule has 2 aliphatic carbocycles. The molecule has 1 saturated carbocycles. The lowest BCUT2D eigenvalue weighted by atomic mass is 10.2. The second kappa shape index (κ2) is 4.13. The van der Waals surface area contributed by atoms with Crippen LogP contribution in [0.5, 0.6) is 0 Å². The van der Waals surface area contributed by atoms with Gasteiger partial charge in [-0.15, -0.1) is 0 Å². The molecule has 2 aliphatic rings. The Morgan fingerprint density at radius 3 is 2.85 bits per heavy atom. The molecule has 20 heavy (non-hydrogen) atoms. The number of aryl methyl sites for hydroxylation is 1. The molecule has 0 radical (unpaired) electrons. The van der Waals surface area contributed by atoms with Crippen LogP contribution < -0.4 is 0 Å². The number of carboxylic acids is 1. The monoisotopic (exact) mass is 270 g/mol. The molecule has 102 valence electrons. The third-order valence-corrected chi connectivity index (χ3v) is 3.92. The van der Waals surface area contributed by atoms with Gasteiger partial charge in [-0.05, 0) is 32.1 Å². The molecular weight excluding hydrogens is 256 g/mol. The van der Waals surface area contributed by atoms with Crippen molar-refractivity contribution in [1.29, 1.82) is 0 Å². The average molecular weight is 270 g/mol. The molecule has 2 aromatic rings. The molecule has 1 N–H and O–H groups in total. The number of imidazole rings is 1. The lowest BCUT2D eigenvalue weighted by molar-refractivity contribution is 0.0691. The largest absolute Gasteiger partial charge is 0.476 e. The summed E-state index contributed by atoms with van der Waals surface area (Å²) in [6.07, 6.45) is 8.40. The van der Waals surface area contributed by atoms with Crippen LogP contribution in [0.2, 0.25) is 0 Å². The van der Waals surface area contributed by atoms with E-state index < -0.39 is 5.97 Å². The summed E-state index contributed by atoms with van der Waals surface area (Å²) in [5, 5.41) is 8.98. The van der Waals surface area contributed by atoms with Crippen LogP contribution in [-0.4, -0.2) is 30.6 Å². The molecule has 6 heteroatoms. The molecule has 0 aliphatic heterocycles. The number of carbonyl (C=O) groups is 1.